The number of benzene rings is 2. The van der Waals surface area contributed by atoms with Crippen LogP contribution in [0, 0.1) is 0 Å². The molecule has 0 bridgehead atoms. The van der Waals surface area contributed by atoms with Crippen LogP contribution in [0.4, 0.5) is 0 Å². The van der Waals surface area contributed by atoms with Crippen molar-refractivity contribution in [1.29, 1.82) is 0 Å². The third kappa shape index (κ3) is 6.34. The Bertz CT molecular complexity index is 1110. The van der Waals surface area contributed by atoms with E-state index in [4.69, 9.17) is 9.47 Å². The van der Waals surface area contributed by atoms with E-state index in [1.807, 2.05) is 56.3 Å². The van der Waals surface area contributed by atoms with E-state index in [2.05, 4.69) is 10.3 Å². The number of ether oxygens (including phenoxy) is 2. The Morgan fingerprint density at radius 1 is 1.16 bits per heavy atom. The number of para-hydroxylation sites is 2. The first-order chi connectivity index (χ1) is 15.5. The molecule has 0 unspecified atom stereocenters. The van der Waals surface area contributed by atoms with Gasteiger partial charge in [-0.3, -0.25) is 14.2 Å². The van der Waals surface area contributed by atoms with Gasteiger partial charge in [-0.25, -0.2) is 4.98 Å². The Morgan fingerprint density at radius 3 is 2.69 bits per heavy atom. The minimum Gasteiger partial charge on any atom is -0.496 e. The molecule has 0 fully saturated rings. The predicted molar refractivity (Wildman–Crippen MR) is 127 cm³/mol. The highest BCUT2D eigenvalue weighted by atomic mass is 32.2. The summed E-state index contributed by atoms with van der Waals surface area (Å²) in [5, 5.41) is 4.01. The molecule has 1 aromatic heterocycles. The number of methoxy groups -OCH3 is 1. The van der Waals surface area contributed by atoms with Crippen molar-refractivity contribution in [1.82, 2.24) is 14.9 Å². The van der Waals surface area contributed by atoms with Gasteiger partial charge in [-0.2, -0.15) is 0 Å². The molecule has 0 radical (unpaired) electrons. The first-order valence-electron chi connectivity index (χ1n) is 10.6. The normalized spacial score (nSPS) is 11.1. The fraction of sp³-hybridized carbons (Fsp3) is 0.375. The lowest BCUT2D eigenvalue weighted by molar-refractivity contribution is -0.118. The van der Waals surface area contributed by atoms with Crippen LogP contribution in [0.25, 0.3) is 10.9 Å². The molecule has 2 aromatic carbocycles. The molecule has 0 saturated heterocycles. The van der Waals surface area contributed by atoms with Gasteiger partial charge in [0, 0.05) is 25.3 Å². The monoisotopic (exact) mass is 455 g/mol. The molecule has 0 aliphatic rings. The summed E-state index contributed by atoms with van der Waals surface area (Å²) >= 11 is 1.26. The van der Waals surface area contributed by atoms with Gasteiger partial charge in [-0.1, -0.05) is 42.1 Å². The topological polar surface area (TPSA) is 82.5 Å². The lowest BCUT2D eigenvalue weighted by atomic mass is 10.2. The van der Waals surface area contributed by atoms with Gasteiger partial charge in [0.1, 0.15) is 5.75 Å². The van der Waals surface area contributed by atoms with Crippen molar-refractivity contribution in [2.24, 2.45) is 0 Å². The zero-order valence-electron chi connectivity index (χ0n) is 18.7. The van der Waals surface area contributed by atoms with Crippen molar-refractivity contribution in [3.8, 4) is 5.75 Å². The number of fused-ring (bicyclic) bond motifs is 1. The van der Waals surface area contributed by atoms with Crippen molar-refractivity contribution in [3.63, 3.8) is 0 Å². The van der Waals surface area contributed by atoms with Crippen LogP contribution in [0.3, 0.4) is 0 Å². The summed E-state index contributed by atoms with van der Waals surface area (Å²) < 4.78 is 12.6. The van der Waals surface area contributed by atoms with Crippen molar-refractivity contribution < 1.29 is 14.3 Å². The molecule has 3 aromatic rings. The van der Waals surface area contributed by atoms with Gasteiger partial charge in [0.2, 0.25) is 5.91 Å². The number of aromatic nitrogens is 2. The summed E-state index contributed by atoms with van der Waals surface area (Å²) in [6.45, 7) is 5.37. The average molecular weight is 456 g/mol. The third-order valence-electron chi connectivity index (χ3n) is 4.80. The number of rotatable bonds is 11. The Hall–Kier alpha value is -2.84. The number of hydrogen-bond donors (Lipinski definition) is 1. The van der Waals surface area contributed by atoms with E-state index in [-0.39, 0.29) is 23.3 Å². The van der Waals surface area contributed by atoms with Crippen molar-refractivity contribution in [2.75, 3.05) is 19.5 Å². The van der Waals surface area contributed by atoms with Gasteiger partial charge in [-0.05, 0) is 38.5 Å². The summed E-state index contributed by atoms with van der Waals surface area (Å²) in [6.07, 6.45) is 0.827. The van der Waals surface area contributed by atoms with E-state index in [9.17, 15) is 9.59 Å². The highest BCUT2D eigenvalue weighted by Gasteiger charge is 2.14. The number of thioether (sulfide) groups is 1. The fourth-order valence-corrected chi connectivity index (χ4v) is 4.08. The van der Waals surface area contributed by atoms with Crippen LogP contribution >= 0.6 is 11.8 Å². The maximum atomic E-state index is 13.1. The highest BCUT2D eigenvalue weighted by molar-refractivity contribution is 7.99. The summed E-state index contributed by atoms with van der Waals surface area (Å²) in [7, 11) is 1.60. The largest absolute Gasteiger partial charge is 0.496 e. The third-order valence-corrected chi connectivity index (χ3v) is 5.78. The van der Waals surface area contributed by atoms with Crippen molar-refractivity contribution in [2.45, 2.75) is 44.6 Å². The van der Waals surface area contributed by atoms with E-state index in [0.717, 1.165) is 11.3 Å². The molecule has 0 aliphatic heterocycles. The average Bonchev–Trinajstić information content (AvgIpc) is 2.80. The van der Waals surface area contributed by atoms with Gasteiger partial charge >= 0.3 is 0 Å². The summed E-state index contributed by atoms with van der Waals surface area (Å²) in [4.78, 5) is 30.2. The van der Waals surface area contributed by atoms with Crippen LogP contribution in [0.2, 0.25) is 0 Å². The van der Waals surface area contributed by atoms with Gasteiger partial charge in [0.25, 0.3) is 5.56 Å². The molecule has 1 heterocycles. The lowest BCUT2D eigenvalue weighted by Crippen LogP contribution is -2.27. The predicted octanol–water partition coefficient (Wildman–Crippen LogP) is 3.63. The highest BCUT2D eigenvalue weighted by Crippen LogP contribution is 2.19. The molecule has 3 rings (SSSR count). The van der Waals surface area contributed by atoms with Gasteiger partial charge in [-0.15, -0.1) is 0 Å². The maximum Gasteiger partial charge on any atom is 0.262 e. The maximum absolute atomic E-state index is 13.1. The smallest absolute Gasteiger partial charge is 0.262 e. The summed E-state index contributed by atoms with van der Waals surface area (Å²) in [5.41, 5.74) is 1.43. The van der Waals surface area contributed by atoms with Gasteiger partial charge in [0.15, 0.2) is 5.16 Å². The standard InChI is InChI=1S/C24H29N3O4S/c1-17(2)31-14-8-13-27-23(29)19-10-5-6-11-20(19)26-24(27)32-16-22(28)25-15-18-9-4-7-12-21(18)30-3/h4-7,9-12,17H,8,13-16H2,1-3H3,(H,25,28). The second-order valence-corrected chi connectivity index (χ2v) is 8.46. The molecule has 8 heteroatoms. The van der Waals surface area contributed by atoms with E-state index < -0.39 is 0 Å². The Kier molecular flexibility index (Phi) is 8.70. The van der Waals surface area contributed by atoms with Crippen LogP contribution in [0.15, 0.2) is 58.5 Å². The molecule has 0 spiro atoms. The quantitative estimate of drug-likeness (QED) is 0.270. The van der Waals surface area contributed by atoms with Gasteiger partial charge < -0.3 is 14.8 Å². The minimum atomic E-state index is -0.141. The molecular weight excluding hydrogens is 426 g/mol. The SMILES string of the molecule is COc1ccccc1CNC(=O)CSc1nc2ccccc2c(=O)n1CCCOC(C)C. The molecular formula is C24H29N3O4S. The van der Waals surface area contributed by atoms with Gasteiger partial charge in [0.05, 0.1) is 29.9 Å². The zero-order chi connectivity index (χ0) is 22.9. The molecule has 0 saturated carbocycles. The molecule has 0 aliphatic carbocycles. The first-order valence-corrected chi connectivity index (χ1v) is 11.6. The lowest BCUT2D eigenvalue weighted by Gasteiger charge is -2.14. The van der Waals surface area contributed by atoms with Crippen LogP contribution in [0.1, 0.15) is 25.8 Å². The number of carbonyl (C=O) groups excluding carboxylic acids is 1. The number of hydrogen-bond acceptors (Lipinski definition) is 6. The number of carbonyl (C=O) groups is 1. The second kappa shape index (κ2) is 11.7. The first kappa shape index (κ1) is 23.8. The Balaban J connectivity index is 1.69. The number of nitrogens with one attached hydrogen (secondary N) is 1. The molecule has 170 valence electrons. The Labute approximate surface area is 192 Å². The van der Waals surface area contributed by atoms with Crippen LogP contribution < -0.4 is 15.6 Å². The van der Waals surface area contributed by atoms with E-state index in [1.165, 1.54) is 11.8 Å². The zero-order valence-corrected chi connectivity index (χ0v) is 19.5. The Morgan fingerprint density at radius 2 is 1.91 bits per heavy atom. The molecule has 7 nitrogen and oxygen atoms in total. The van der Waals surface area contributed by atoms with E-state index in [0.29, 0.717) is 42.2 Å². The number of nitrogens with zero attached hydrogens (tertiary/aromatic N) is 2. The van der Waals surface area contributed by atoms with Crippen LogP contribution in [-0.4, -0.2) is 41.0 Å². The van der Waals surface area contributed by atoms with Crippen LogP contribution in [-0.2, 0) is 22.6 Å². The molecule has 0 atom stereocenters. The summed E-state index contributed by atoms with van der Waals surface area (Å²) in [5.74, 6) is 0.745. The number of amides is 1. The minimum absolute atomic E-state index is 0.0999. The molecule has 1 amide bonds. The van der Waals surface area contributed by atoms with Crippen molar-refractivity contribution in [3.05, 3.63) is 64.4 Å². The summed E-state index contributed by atoms with van der Waals surface area (Å²) in [6, 6.07) is 14.8. The molecule has 32 heavy (non-hydrogen) atoms. The van der Waals surface area contributed by atoms with Crippen LogP contribution in [0.5, 0.6) is 5.75 Å². The molecule has 1 N–H and O–H groups in total. The van der Waals surface area contributed by atoms with E-state index >= 15 is 0 Å². The van der Waals surface area contributed by atoms with E-state index in [1.54, 1.807) is 17.7 Å². The van der Waals surface area contributed by atoms with Crippen molar-refractivity contribution >= 4 is 28.6 Å². The fourth-order valence-electron chi connectivity index (χ4n) is 3.22. The second-order valence-electron chi connectivity index (χ2n) is 7.52.